The molecule has 1 aliphatic heterocycles. The van der Waals surface area contributed by atoms with Crippen LogP contribution in [0.5, 0.6) is 0 Å². The Morgan fingerprint density at radius 2 is 2.29 bits per heavy atom. The van der Waals surface area contributed by atoms with Crippen molar-refractivity contribution < 1.29 is 4.79 Å². The maximum absolute atomic E-state index is 12.4. The molecule has 0 saturated carbocycles. The minimum absolute atomic E-state index is 0.200. The maximum Gasteiger partial charge on any atom is 0.226 e. The lowest BCUT2D eigenvalue weighted by Crippen LogP contribution is -2.43. The summed E-state index contributed by atoms with van der Waals surface area (Å²) in [6, 6.07) is 6.47. The van der Waals surface area contributed by atoms with E-state index in [1.165, 1.54) is 11.0 Å². The number of aromatic nitrogens is 2. The molecule has 0 bridgehead atoms. The van der Waals surface area contributed by atoms with E-state index < -0.39 is 0 Å². The van der Waals surface area contributed by atoms with E-state index in [1.54, 1.807) is 6.20 Å². The van der Waals surface area contributed by atoms with Crippen LogP contribution in [-0.2, 0) is 11.2 Å². The highest BCUT2D eigenvalue weighted by molar-refractivity contribution is 8.67. The third kappa shape index (κ3) is 3.53. The second kappa shape index (κ2) is 6.72. The third-order valence-electron chi connectivity index (χ3n) is 3.93. The summed E-state index contributed by atoms with van der Waals surface area (Å²) in [4.78, 5) is 14.3. The second-order valence-corrected chi connectivity index (χ2v) is 6.30. The molecule has 3 rings (SSSR count). The molecule has 5 nitrogen and oxygen atoms in total. The summed E-state index contributed by atoms with van der Waals surface area (Å²) in [5.41, 5.74) is 2.01. The van der Waals surface area contributed by atoms with Gasteiger partial charge in [0.2, 0.25) is 5.91 Å². The highest BCUT2D eigenvalue weighted by Gasteiger charge is 2.22. The first-order chi connectivity index (χ1) is 10.3. The Kier molecular flexibility index (Phi) is 4.72. The zero-order chi connectivity index (χ0) is 14.7. The topological polar surface area (TPSA) is 61.0 Å². The SMILES string of the molecule is O=C(Cc1ccc2cn[nH]c2c1)N1CCC(NSS)CC1. The molecule has 0 unspecified atom stereocenters. The zero-order valence-electron chi connectivity index (χ0n) is 11.6. The van der Waals surface area contributed by atoms with Gasteiger partial charge < -0.3 is 4.90 Å². The van der Waals surface area contributed by atoms with Crippen LogP contribution in [0, 0.1) is 0 Å². The molecule has 1 aromatic heterocycles. The molecule has 2 N–H and O–H groups in total. The normalized spacial score (nSPS) is 16.5. The van der Waals surface area contributed by atoms with Gasteiger partial charge in [-0.1, -0.05) is 23.8 Å². The summed E-state index contributed by atoms with van der Waals surface area (Å²) in [6.07, 6.45) is 4.21. The molecule has 0 atom stereocenters. The van der Waals surface area contributed by atoms with Crippen molar-refractivity contribution in [3.8, 4) is 0 Å². The number of aromatic amines is 1. The molecule has 0 spiro atoms. The fourth-order valence-electron chi connectivity index (χ4n) is 2.70. The standard InChI is InChI=1S/C14H18N4OS2/c19-14(18-5-3-12(4-6-18)17-21-20)8-10-1-2-11-9-15-16-13(11)7-10/h1-2,7,9,12,17,20H,3-6,8H2,(H,15,16). The highest BCUT2D eigenvalue weighted by atomic mass is 33.1. The minimum atomic E-state index is 0.200. The van der Waals surface area contributed by atoms with Crippen LogP contribution in [0.25, 0.3) is 10.9 Å². The Morgan fingerprint density at radius 1 is 1.48 bits per heavy atom. The van der Waals surface area contributed by atoms with Gasteiger partial charge in [0.25, 0.3) is 0 Å². The van der Waals surface area contributed by atoms with Crippen LogP contribution in [0.4, 0.5) is 0 Å². The van der Waals surface area contributed by atoms with Crippen LogP contribution in [-0.4, -0.2) is 40.1 Å². The number of hydrogen-bond acceptors (Lipinski definition) is 5. The molecule has 21 heavy (non-hydrogen) atoms. The van der Waals surface area contributed by atoms with Gasteiger partial charge in [-0.05, 0) is 35.5 Å². The Morgan fingerprint density at radius 3 is 3.05 bits per heavy atom. The first-order valence-corrected chi connectivity index (χ1v) is 8.89. The predicted molar refractivity (Wildman–Crippen MR) is 89.1 cm³/mol. The number of thiol groups is 1. The monoisotopic (exact) mass is 322 g/mol. The molecule has 0 radical (unpaired) electrons. The van der Waals surface area contributed by atoms with E-state index in [9.17, 15) is 4.79 Å². The van der Waals surface area contributed by atoms with Crippen molar-refractivity contribution in [3.05, 3.63) is 30.0 Å². The van der Waals surface area contributed by atoms with Gasteiger partial charge in [-0.25, -0.2) is 0 Å². The molecule has 1 saturated heterocycles. The summed E-state index contributed by atoms with van der Waals surface area (Å²) in [7, 11) is 1.35. The lowest BCUT2D eigenvalue weighted by molar-refractivity contribution is -0.131. The summed E-state index contributed by atoms with van der Waals surface area (Å²) >= 11 is 4.10. The van der Waals surface area contributed by atoms with Crippen LogP contribution < -0.4 is 4.72 Å². The molecule has 1 fully saturated rings. The molecule has 112 valence electrons. The van der Waals surface area contributed by atoms with E-state index in [0.29, 0.717) is 12.5 Å². The summed E-state index contributed by atoms with van der Waals surface area (Å²) in [6.45, 7) is 1.63. The van der Waals surface area contributed by atoms with Crippen molar-refractivity contribution in [2.75, 3.05) is 13.1 Å². The Labute approximate surface area is 132 Å². The molecule has 1 aliphatic rings. The van der Waals surface area contributed by atoms with Crippen molar-refractivity contribution in [1.82, 2.24) is 19.8 Å². The number of amides is 1. The smallest absolute Gasteiger partial charge is 0.226 e. The Balaban J connectivity index is 1.58. The van der Waals surface area contributed by atoms with E-state index in [2.05, 4.69) is 26.6 Å². The van der Waals surface area contributed by atoms with Gasteiger partial charge in [0.15, 0.2) is 0 Å². The number of nitrogens with zero attached hydrogens (tertiary/aromatic N) is 2. The van der Waals surface area contributed by atoms with Crippen LogP contribution in [0.3, 0.4) is 0 Å². The summed E-state index contributed by atoms with van der Waals surface area (Å²) in [5, 5.41) is 8.01. The van der Waals surface area contributed by atoms with Gasteiger partial charge in [-0.15, -0.1) is 0 Å². The summed E-state index contributed by atoms with van der Waals surface area (Å²) in [5.74, 6) is 0.200. The molecular formula is C14H18N4OS2. The third-order valence-corrected chi connectivity index (χ3v) is 4.68. The Hall–Kier alpha value is -1.18. The second-order valence-electron chi connectivity index (χ2n) is 5.33. The first kappa shape index (κ1) is 14.7. The molecule has 0 aliphatic carbocycles. The average Bonchev–Trinajstić information content (AvgIpc) is 2.96. The van der Waals surface area contributed by atoms with E-state index in [-0.39, 0.29) is 5.91 Å². The number of carbonyl (C=O) groups excluding carboxylic acids is 1. The number of nitrogens with one attached hydrogen (secondary N) is 2. The molecule has 1 amide bonds. The van der Waals surface area contributed by atoms with Gasteiger partial charge >= 0.3 is 0 Å². The number of fused-ring (bicyclic) bond motifs is 1. The van der Waals surface area contributed by atoms with Crippen LogP contribution in [0.2, 0.25) is 0 Å². The number of rotatable bonds is 4. The molecule has 2 heterocycles. The molecule has 7 heteroatoms. The van der Waals surface area contributed by atoms with Crippen molar-refractivity contribution in [2.24, 2.45) is 0 Å². The van der Waals surface area contributed by atoms with E-state index in [1.807, 2.05) is 23.1 Å². The van der Waals surface area contributed by atoms with E-state index in [4.69, 9.17) is 0 Å². The van der Waals surface area contributed by atoms with E-state index in [0.717, 1.165) is 42.4 Å². The molecular weight excluding hydrogens is 304 g/mol. The molecule has 1 aromatic carbocycles. The predicted octanol–water partition coefficient (Wildman–Crippen LogP) is 2.18. The number of carbonyl (C=O) groups is 1. The maximum atomic E-state index is 12.4. The number of likely N-dealkylation sites (tertiary alicyclic amines) is 1. The van der Waals surface area contributed by atoms with Crippen LogP contribution in [0.15, 0.2) is 24.4 Å². The lowest BCUT2D eigenvalue weighted by atomic mass is 10.0. The lowest BCUT2D eigenvalue weighted by Gasteiger charge is -2.32. The number of H-pyrrole nitrogens is 1. The highest BCUT2D eigenvalue weighted by Crippen LogP contribution is 2.17. The minimum Gasteiger partial charge on any atom is -0.342 e. The van der Waals surface area contributed by atoms with Gasteiger partial charge in [-0.3, -0.25) is 14.6 Å². The molecule has 2 aromatic rings. The fourth-order valence-corrected chi connectivity index (χ4v) is 3.53. The van der Waals surface area contributed by atoms with Crippen molar-refractivity contribution in [1.29, 1.82) is 0 Å². The Bertz CT molecular complexity index is 622. The fraction of sp³-hybridized carbons (Fsp3) is 0.429. The number of benzene rings is 1. The van der Waals surface area contributed by atoms with Crippen molar-refractivity contribution in [2.45, 2.75) is 25.3 Å². The van der Waals surface area contributed by atoms with E-state index >= 15 is 0 Å². The summed E-state index contributed by atoms with van der Waals surface area (Å²) < 4.78 is 3.24. The number of piperidine rings is 1. The number of hydrogen-bond donors (Lipinski definition) is 3. The van der Waals surface area contributed by atoms with Gasteiger partial charge in [0.05, 0.1) is 18.1 Å². The van der Waals surface area contributed by atoms with Crippen molar-refractivity contribution in [3.63, 3.8) is 0 Å². The van der Waals surface area contributed by atoms with Gasteiger partial charge in [0.1, 0.15) is 0 Å². The zero-order valence-corrected chi connectivity index (χ0v) is 13.3. The van der Waals surface area contributed by atoms with Gasteiger partial charge in [0, 0.05) is 24.5 Å². The van der Waals surface area contributed by atoms with Crippen molar-refractivity contribution >= 4 is 39.5 Å². The first-order valence-electron chi connectivity index (χ1n) is 7.02. The van der Waals surface area contributed by atoms with Crippen LogP contribution in [0.1, 0.15) is 18.4 Å². The van der Waals surface area contributed by atoms with Crippen LogP contribution >= 0.6 is 22.6 Å². The average molecular weight is 322 g/mol. The quantitative estimate of drug-likeness (QED) is 0.459. The largest absolute Gasteiger partial charge is 0.342 e. The van der Waals surface area contributed by atoms with Gasteiger partial charge in [-0.2, -0.15) is 5.10 Å².